The van der Waals surface area contributed by atoms with Gasteiger partial charge in [-0.3, -0.25) is 9.78 Å². The van der Waals surface area contributed by atoms with E-state index in [9.17, 15) is 4.79 Å². The second-order valence-electron chi connectivity index (χ2n) is 6.45. The van der Waals surface area contributed by atoms with Crippen LogP contribution >= 0.6 is 0 Å². The number of pyridine rings is 1. The Labute approximate surface area is 142 Å². The van der Waals surface area contributed by atoms with Crippen molar-refractivity contribution in [2.24, 2.45) is 11.7 Å². The van der Waals surface area contributed by atoms with E-state index in [4.69, 9.17) is 15.2 Å². The van der Waals surface area contributed by atoms with Crippen molar-refractivity contribution in [2.45, 2.75) is 33.1 Å². The van der Waals surface area contributed by atoms with Crippen molar-refractivity contribution in [1.29, 1.82) is 0 Å². The summed E-state index contributed by atoms with van der Waals surface area (Å²) in [4.78, 5) is 18.7. The lowest BCUT2D eigenvalue weighted by Gasteiger charge is -2.16. The Kier molecular flexibility index (Phi) is 4.94. The molecule has 128 valence electrons. The zero-order valence-electron chi connectivity index (χ0n) is 14.3. The second kappa shape index (κ2) is 7.13. The van der Waals surface area contributed by atoms with Gasteiger partial charge in [0.2, 0.25) is 5.91 Å². The molecule has 1 aliphatic heterocycles. The number of nitrogens with zero attached hydrogens (tertiary/aromatic N) is 3. The van der Waals surface area contributed by atoms with Gasteiger partial charge in [-0.15, -0.1) is 0 Å². The minimum absolute atomic E-state index is 0.164. The molecular weight excluding hydrogens is 304 g/mol. The van der Waals surface area contributed by atoms with Gasteiger partial charge in [0.05, 0.1) is 17.0 Å². The summed E-state index contributed by atoms with van der Waals surface area (Å²) in [5.74, 6) is 1.41. The van der Waals surface area contributed by atoms with E-state index in [1.807, 2.05) is 36.9 Å². The number of carbonyl (C=O) groups is 1. The summed E-state index contributed by atoms with van der Waals surface area (Å²) < 4.78 is 5.24. The average molecular weight is 328 g/mol. The zero-order chi connectivity index (χ0) is 17.1. The molecule has 0 unspecified atom stereocenters. The van der Waals surface area contributed by atoms with E-state index < -0.39 is 0 Å². The van der Waals surface area contributed by atoms with Crippen molar-refractivity contribution < 1.29 is 9.32 Å². The minimum atomic E-state index is 0.164. The van der Waals surface area contributed by atoms with Gasteiger partial charge in [0, 0.05) is 31.7 Å². The summed E-state index contributed by atoms with van der Waals surface area (Å²) in [5, 5.41) is 4.00. The fourth-order valence-electron chi connectivity index (χ4n) is 3.38. The third-order valence-corrected chi connectivity index (χ3v) is 4.59. The van der Waals surface area contributed by atoms with Crippen LogP contribution in [0.25, 0.3) is 11.3 Å². The lowest BCUT2D eigenvalue weighted by atomic mass is 10.0. The second-order valence-corrected chi connectivity index (χ2v) is 6.45. The number of hydrogen-bond donors (Lipinski definition) is 1. The Balaban J connectivity index is 1.69. The molecule has 1 aliphatic rings. The largest absolute Gasteiger partial charge is 0.361 e. The van der Waals surface area contributed by atoms with E-state index in [-0.39, 0.29) is 5.91 Å². The van der Waals surface area contributed by atoms with Crippen LogP contribution in [-0.4, -0.2) is 40.6 Å². The summed E-state index contributed by atoms with van der Waals surface area (Å²) in [6, 6.07) is 6.06. The number of hydrogen-bond acceptors (Lipinski definition) is 5. The monoisotopic (exact) mass is 328 g/mol. The van der Waals surface area contributed by atoms with E-state index in [1.54, 1.807) is 0 Å². The molecule has 2 N–H and O–H groups in total. The normalized spacial score (nSPS) is 17.5. The number of aryl methyl sites for hydroxylation is 2. The first kappa shape index (κ1) is 16.6. The molecule has 6 nitrogen and oxygen atoms in total. The van der Waals surface area contributed by atoms with Crippen LogP contribution < -0.4 is 5.73 Å². The van der Waals surface area contributed by atoms with Crippen LogP contribution in [-0.2, 0) is 11.2 Å². The van der Waals surface area contributed by atoms with Crippen molar-refractivity contribution in [3.05, 3.63) is 35.3 Å². The number of amides is 1. The summed E-state index contributed by atoms with van der Waals surface area (Å²) in [7, 11) is 0. The van der Waals surface area contributed by atoms with Gasteiger partial charge < -0.3 is 15.2 Å². The Hall–Kier alpha value is -2.21. The predicted molar refractivity (Wildman–Crippen MR) is 91.3 cm³/mol. The summed E-state index contributed by atoms with van der Waals surface area (Å²) in [5.41, 5.74) is 9.25. The lowest BCUT2D eigenvalue weighted by Crippen LogP contribution is -2.30. The number of likely N-dealkylation sites (tertiary alicyclic amines) is 1. The molecule has 1 saturated heterocycles. The Morgan fingerprint density at radius 1 is 1.42 bits per heavy atom. The van der Waals surface area contributed by atoms with Crippen LogP contribution in [0, 0.1) is 19.8 Å². The quantitative estimate of drug-likeness (QED) is 0.908. The van der Waals surface area contributed by atoms with Crippen LogP contribution in [0.15, 0.2) is 22.7 Å². The van der Waals surface area contributed by atoms with E-state index >= 15 is 0 Å². The Bertz CT molecular complexity index is 706. The molecule has 24 heavy (non-hydrogen) atoms. The fourth-order valence-corrected chi connectivity index (χ4v) is 3.38. The van der Waals surface area contributed by atoms with Crippen molar-refractivity contribution in [3.8, 4) is 11.3 Å². The molecule has 0 aliphatic carbocycles. The molecular formula is C18H24N4O2. The topological polar surface area (TPSA) is 85.2 Å². The van der Waals surface area contributed by atoms with E-state index in [1.165, 1.54) is 0 Å². The molecule has 3 rings (SSSR count). The van der Waals surface area contributed by atoms with E-state index in [0.717, 1.165) is 54.3 Å². The van der Waals surface area contributed by atoms with Gasteiger partial charge in [-0.25, -0.2) is 0 Å². The van der Waals surface area contributed by atoms with Crippen molar-refractivity contribution in [2.75, 3.05) is 19.6 Å². The van der Waals surface area contributed by atoms with Crippen LogP contribution in [0.5, 0.6) is 0 Å². The van der Waals surface area contributed by atoms with Crippen LogP contribution in [0.4, 0.5) is 0 Å². The van der Waals surface area contributed by atoms with Gasteiger partial charge in [-0.1, -0.05) is 11.2 Å². The average Bonchev–Trinajstić information content (AvgIpc) is 3.15. The summed E-state index contributed by atoms with van der Waals surface area (Å²) in [6.07, 6.45) is 2.34. The highest BCUT2D eigenvalue weighted by atomic mass is 16.5. The highest BCUT2D eigenvalue weighted by molar-refractivity contribution is 5.76. The maximum absolute atomic E-state index is 11.9. The van der Waals surface area contributed by atoms with E-state index in [2.05, 4.69) is 5.16 Å². The molecule has 2 aromatic rings. The molecule has 0 radical (unpaired) electrons. The Morgan fingerprint density at radius 2 is 2.25 bits per heavy atom. The molecule has 1 amide bonds. The minimum Gasteiger partial charge on any atom is -0.361 e. The molecule has 1 atom stereocenters. The predicted octanol–water partition coefficient (Wildman–Crippen LogP) is 2.09. The molecule has 0 saturated carbocycles. The maximum atomic E-state index is 11.9. The van der Waals surface area contributed by atoms with Crippen LogP contribution in [0.1, 0.15) is 30.0 Å². The first-order chi connectivity index (χ1) is 11.6. The highest BCUT2D eigenvalue weighted by Gasteiger charge is 2.26. The van der Waals surface area contributed by atoms with Crippen molar-refractivity contribution in [1.82, 2.24) is 15.0 Å². The smallest absolute Gasteiger partial charge is 0.223 e. The van der Waals surface area contributed by atoms with Crippen LogP contribution in [0.3, 0.4) is 0 Å². The SMILES string of the molecule is Cc1noc(C)c1-c1cccc(C[C@@H]2CCN(C(=O)CCN)C2)n1. The summed E-state index contributed by atoms with van der Waals surface area (Å²) >= 11 is 0. The summed E-state index contributed by atoms with van der Waals surface area (Å²) in [6.45, 7) is 5.88. The molecule has 0 spiro atoms. The number of carbonyl (C=O) groups excluding carboxylic acids is 1. The molecule has 0 bridgehead atoms. The number of rotatable bonds is 5. The molecule has 3 heterocycles. The van der Waals surface area contributed by atoms with Crippen molar-refractivity contribution >= 4 is 5.91 Å². The maximum Gasteiger partial charge on any atom is 0.223 e. The molecule has 6 heteroatoms. The van der Waals surface area contributed by atoms with Gasteiger partial charge in [0.15, 0.2) is 0 Å². The van der Waals surface area contributed by atoms with Gasteiger partial charge >= 0.3 is 0 Å². The number of aromatic nitrogens is 2. The fraction of sp³-hybridized carbons (Fsp3) is 0.500. The first-order valence-electron chi connectivity index (χ1n) is 8.45. The van der Waals surface area contributed by atoms with Gasteiger partial charge in [-0.05, 0) is 44.7 Å². The van der Waals surface area contributed by atoms with Crippen molar-refractivity contribution in [3.63, 3.8) is 0 Å². The third kappa shape index (κ3) is 3.48. The molecule has 2 aromatic heterocycles. The Morgan fingerprint density at radius 3 is 2.96 bits per heavy atom. The third-order valence-electron chi connectivity index (χ3n) is 4.59. The van der Waals surface area contributed by atoms with Gasteiger partial charge in [0.25, 0.3) is 0 Å². The molecule has 1 fully saturated rings. The standard InChI is InChI=1S/C18H24N4O2/c1-12-18(13(2)24-21-12)16-5-3-4-15(20-16)10-14-7-9-22(11-14)17(23)6-8-19/h3-5,14H,6-11,19H2,1-2H3/t14-/m0/s1. The van der Waals surface area contributed by atoms with Gasteiger partial charge in [-0.2, -0.15) is 0 Å². The first-order valence-corrected chi connectivity index (χ1v) is 8.45. The number of nitrogens with two attached hydrogens (primary N) is 1. The zero-order valence-corrected chi connectivity index (χ0v) is 14.3. The van der Waals surface area contributed by atoms with Crippen LogP contribution in [0.2, 0.25) is 0 Å². The highest BCUT2D eigenvalue weighted by Crippen LogP contribution is 2.26. The van der Waals surface area contributed by atoms with Gasteiger partial charge in [0.1, 0.15) is 5.76 Å². The molecule has 0 aromatic carbocycles. The van der Waals surface area contributed by atoms with E-state index in [0.29, 0.717) is 18.9 Å². The lowest BCUT2D eigenvalue weighted by molar-refractivity contribution is -0.130.